The van der Waals surface area contributed by atoms with E-state index in [4.69, 9.17) is 5.73 Å². The third kappa shape index (κ3) is 3.49. The van der Waals surface area contributed by atoms with E-state index >= 15 is 0 Å². The van der Waals surface area contributed by atoms with Crippen molar-refractivity contribution in [1.29, 1.82) is 0 Å². The van der Waals surface area contributed by atoms with Crippen LogP contribution in [0.4, 0.5) is 11.6 Å². The number of carbonyl (C=O) groups excluding carboxylic acids is 2. The van der Waals surface area contributed by atoms with E-state index in [-0.39, 0.29) is 23.7 Å². The van der Waals surface area contributed by atoms with Crippen molar-refractivity contribution in [3.63, 3.8) is 0 Å². The van der Waals surface area contributed by atoms with Gasteiger partial charge in [0.2, 0.25) is 11.8 Å². The molecule has 7 heteroatoms. The number of nitrogens with zero attached hydrogens (tertiary/aromatic N) is 2. The van der Waals surface area contributed by atoms with E-state index in [0.29, 0.717) is 12.2 Å². The molecule has 1 fully saturated rings. The average Bonchev–Trinajstić information content (AvgIpc) is 3.52. The molecule has 2 amide bonds. The minimum atomic E-state index is -0.260. The highest BCUT2D eigenvalue weighted by Gasteiger charge is 2.30. The second-order valence-electron chi connectivity index (χ2n) is 7.26. The van der Waals surface area contributed by atoms with Crippen molar-refractivity contribution in [3.8, 4) is 0 Å². The van der Waals surface area contributed by atoms with Gasteiger partial charge in [0.25, 0.3) is 0 Å². The summed E-state index contributed by atoms with van der Waals surface area (Å²) in [5.74, 6) is 0.992. The molecule has 140 valence electrons. The highest BCUT2D eigenvalue weighted by atomic mass is 16.2. The molecule has 2 aliphatic carbocycles. The summed E-state index contributed by atoms with van der Waals surface area (Å²) in [6.07, 6.45) is 9.79. The van der Waals surface area contributed by atoms with E-state index in [9.17, 15) is 9.59 Å². The Morgan fingerprint density at radius 3 is 2.63 bits per heavy atom. The number of aromatic nitrogens is 2. The van der Waals surface area contributed by atoms with Crippen LogP contribution in [0.15, 0.2) is 24.5 Å². The monoisotopic (exact) mass is 365 g/mol. The Hall–Kier alpha value is -2.96. The summed E-state index contributed by atoms with van der Waals surface area (Å²) < 4.78 is 0. The normalized spacial score (nSPS) is 19.4. The fourth-order valence-corrected chi connectivity index (χ4v) is 3.60. The molecule has 2 aliphatic rings. The predicted molar refractivity (Wildman–Crippen MR) is 105 cm³/mol. The third-order valence-corrected chi connectivity index (χ3v) is 5.33. The van der Waals surface area contributed by atoms with Gasteiger partial charge in [0, 0.05) is 42.2 Å². The lowest BCUT2D eigenvalue weighted by atomic mass is 9.84. The minimum Gasteiger partial charge on any atom is -0.373 e. The standard InChI is InChI=1S/C20H23N5O2/c1-22-19-16-10-23-17(25-20(27)11-5-6-11)8-14(16)15(9-24-19)12-3-2-4-13(7-12)18(21)26/h3,8-11,13H,2,4-7H2,1H3,(H2,21,26)(H,22,24)(H,23,25,27). The van der Waals surface area contributed by atoms with Gasteiger partial charge in [-0.2, -0.15) is 0 Å². The molecule has 1 saturated carbocycles. The first-order valence-electron chi connectivity index (χ1n) is 9.33. The Kier molecular flexibility index (Phi) is 4.51. The molecule has 0 aromatic carbocycles. The van der Waals surface area contributed by atoms with Crippen molar-refractivity contribution in [2.45, 2.75) is 32.1 Å². The number of carbonyl (C=O) groups is 2. The zero-order valence-electron chi connectivity index (χ0n) is 15.3. The smallest absolute Gasteiger partial charge is 0.228 e. The average molecular weight is 365 g/mol. The lowest BCUT2D eigenvalue weighted by Gasteiger charge is -2.21. The van der Waals surface area contributed by atoms with Crippen molar-refractivity contribution in [2.75, 3.05) is 17.7 Å². The molecule has 2 heterocycles. The molecule has 4 N–H and O–H groups in total. The Bertz CT molecular complexity index is 949. The van der Waals surface area contributed by atoms with Gasteiger partial charge < -0.3 is 16.4 Å². The molecular formula is C20H23N5O2. The quantitative estimate of drug-likeness (QED) is 0.754. The lowest BCUT2D eigenvalue weighted by Crippen LogP contribution is -2.25. The van der Waals surface area contributed by atoms with E-state index < -0.39 is 0 Å². The second kappa shape index (κ2) is 6.98. The number of fused-ring (bicyclic) bond motifs is 1. The van der Waals surface area contributed by atoms with Crippen LogP contribution in [0.1, 0.15) is 37.7 Å². The summed E-state index contributed by atoms with van der Waals surface area (Å²) in [4.78, 5) is 32.6. The number of hydrogen-bond donors (Lipinski definition) is 3. The number of allylic oxidation sites excluding steroid dienone is 2. The maximum absolute atomic E-state index is 12.1. The molecule has 4 rings (SSSR count). The van der Waals surface area contributed by atoms with Crippen LogP contribution >= 0.6 is 0 Å². The fraction of sp³-hybridized carbons (Fsp3) is 0.400. The van der Waals surface area contributed by atoms with Gasteiger partial charge in [-0.05, 0) is 49.1 Å². The van der Waals surface area contributed by atoms with Gasteiger partial charge in [0.1, 0.15) is 11.6 Å². The molecular weight excluding hydrogens is 342 g/mol. The zero-order valence-corrected chi connectivity index (χ0v) is 15.3. The number of nitrogens with two attached hydrogens (primary N) is 1. The molecule has 7 nitrogen and oxygen atoms in total. The van der Waals surface area contributed by atoms with Gasteiger partial charge in [0.15, 0.2) is 0 Å². The van der Waals surface area contributed by atoms with Gasteiger partial charge in [-0.25, -0.2) is 9.97 Å². The van der Waals surface area contributed by atoms with E-state index in [0.717, 1.165) is 53.4 Å². The van der Waals surface area contributed by atoms with Gasteiger partial charge in [-0.3, -0.25) is 9.59 Å². The largest absolute Gasteiger partial charge is 0.373 e. The highest BCUT2D eigenvalue weighted by Crippen LogP contribution is 2.36. The van der Waals surface area contributed by atoms with Gasteiger partial charge >= 0.3 is 0 Å². The van der Waals surface area contributed by atoms with Gasteiger partial charge in [-0.1, -0.05) is 6.08 Å². The molecule has 0 spiro atoms. The molecule has 2 aromatic heterocycles. The fourth-order valence-electron chi connectivity index (χ4n) is 3.60. The zero-order chi connectivity index (χ0) is 19.0. The number of anilines is 2. The van der Waals surface area contributed by atoms with Crippen molar-refractivity contribution in [1.82, 2.24) is 9.97 Å². The molecule has 1 unspecified atom stereocenters. The topological polar surface area (TPSA) is 110 Å². The van der Waals surface area contributed by atoms with Crippen LogP contribution < -0.4 is 16.4 Å². The third-order valence-electron chi connectivity index (χ3n) is 5.33. The van der Waals surface area contributed by atoms with E-state index in [1.54, 1.807) is 6.20 Å². The molecule has 0 aliphatic heterocycles. The molecule has 0 saturated heterocycles. The number of pyridine rings is 2. The van der Waals surface area contributed by atoms with Crippen molar-refractivity contribution in [3.05, 3.63) is 30.1 Å². The van der Waals surface area contributed by atoms with Crippen molar-refractivity contribution in [2.24, 2.45) is 17.6 Å². The molecule has 0 bridgehead atoms. The lowest BCUT2D eigenvalue weighted by molar-refractivity contribution is -0.122. The number of primary amides is 1. The first-order chi connectivity index (χ1) is 13.1. The summed E-state index contributed by atoms with van der Waals surface area (Å²) in [7, 11) is 1.81. The molecule has 2 aromatic rings. The summed E-state index contributed by atoms with van der Waals surface area (Å²) in [5.41, 5.74) is 7.55. The van der Waals surface area contributed by atoms with E-state index in [2.05, 4.69) is 26.7 Å². The summed E-state index contributed by atoms with van der Waals surface area (Å²) in [5, 5.41) is 7.82. The molecule has 27 heavy (non-hydrogen) atoms. The van der Waals surface area contributed by atoms with Crippen LogP contribution in [0.2, 0.25) is 0 Å². The Labute approximate surface area is 157 Å². The Morgan fingerprint density at radius 1 is 1.11 bits per heavy atom. The minimum absolute atomic E-state index is 0.0250. The summed E-state index contributed by atoms with van der Waals surface area (Å²) in [6, 6.07) is 1.89. The van der Waals surface area contributed by atoms with Crippen LogP contribution in [0.5, 0.6) is 0 Å². The van der Waals surface area contributed by atoms with Crippen molar-refractivity contribution >= 4 is 39.8 Å². The first-order valence-corrected chi connectivity index (χ1v) is 9.33. The second-order valence-corrected chi connectivity index (χ2v) is 7.26. The number of nitrogens with one attached hydrogen (secondary N) is 2. The maximum Gasteiger partial charge on any atom is 0.228 e. The van der Waals surface area contributed by atoms with Crippen LogP contribution in [0.25, 0.3) is 16.3 Å². The SMILES string of the molecule is CNc1ncc(C2=CCCC(C(N)=O)C2)c2cc(NC(=O)C3CC3)ncc12. The van der Waals surface area contributed by atoms with Gasteiger partial charge in [0.05, 0.1) is 0 Å². The maximum atomic E-state index is 12.1. The number of hydrogen-bond acceptors (Lipinski definition) is 5. The summed E-state index contributed by atoms with van der Waals surface area (Å²) >= 11 is 0. The summed E-state index contributed by atoms with van der Waals surface area (Å²) in [6.45, 7) is 0. The number of amides is 2. The number of rotatable bonds is 5. The predicted octanol–water partition coefficient (Wildman–Crippen LogP) is 2.69. The van der Waals surface area contributed by atoms with Crippen LogP contribution in [0.3, 0.4) is 0 Å². The van der Waals surface area contributed by atoms with E-state index in [1.807, 2.05) is 19.3 Å². The van der Waals surface area contributed by atoms with Crippen LogP contribution in [-0.4, -0.2) is 28.8 Å². The van der Waals surface area contributed by atoms with Crippen LogP contribution in [0, 0.1) is 11.8 Å². The first kappa shape index (κ1) is 17.5. The Morgan fingerprint density at radius 2 is 1.93 bits per heavy atom. The molecule has 1 atom stereocenters. The Balaban J connectivity index is 1.75. The van der Waals surface area contributed by atoms with Gasteiger partial charge in [-0.15, -0.1) is 0 Å². The highest BCUT2D eigenvalue weighted by molar-refractivity contribution is 6.02. The van der Waals surface area contributed by atoms with E-state index in [1.165, 1.54) is 0 Å². The molecule has 0 radical (unpaired) electrons. The van der Waals surface area contributed by atoms with Crippen LogP contribution in [-0.2, 0) is 9.59 Å². The van der Waals surface area contributed by atoms with Crippen molar-refractivity contribution < 1.29 is 9.59 Å².